The molecule has 146 valence electrons. The Morgan fingerprint density at radius 1 is 1.18 bits per heavy atom. The number of piperidine rings is 1. The van der Waals surface area contributed by atoms with Gasteiger partial charge < -0.3 is 19.7 Å². The molecule has 2 fully saturated rings. The molecule has 0 bridgehead atoms. The molecule has 3 heterocycles. The fourth-order valence-electron chi connectivity index (χ4n) is 4.39. The third-order valence-corrected chi connectivity index (χ3v) is 6.20. The Morgan fingerprint density at radius 2 is 1.93 bits per heavy atom. The van der Waals surface area contributed by atoms with E-state index in [9.17, 15) is 4.79 Å². The van der Waals surface area contributed by atoms with E-state index >= 15 is 0 Å². The number of pyridine rings is 1. The molecule has 1 saturated heterocycles. The summed E-state index contributed by atoms with van der Waals surface area (Å²) in [6, 6.07) is 12.4. The first kappa shape index (κ1) is 17.5. The molecular weight excluding hydrogens is 354 g/mol. The van der Waals surface area contributed by atoms with E-state index in [-0.39, 0.29) is 12.5 Å². The molecule has 1 aromatic heterocycles. The Kier molecular flexibility index (Phi) is 4.23. The van der Waals surface area contributed by atoms with Crippen LogP contribution in [-0.4, -0.2) is 48.1 Å². The van der Waals surface area contributed by atoms with Crippen molar-refractivity contribution in [2.75, 3.05) is 31.6 Å². The van der Waals surface area contributed by atoms with E-state index in [1.807, 2.05) is 36.4 Å². The van der Waals surface area contributed by atoms with Crippen LogP contribution in [-0.2, 0) is 4.79 Å². The van der Waals surface area contributed by atoms with E-state index in [1.165, 1.54) is 13.1 Å². The highest BCUT2D eigenvalue weighted by atomic mass is 16.5. The molecule has 1 N–H and O–H groups in total. The number of anilines is 1. The van der Waals surface area contributed by atoms with Crippen LogP contribution < -0.4 is 14.8 Å². The van der Waals surface area contributed by atoms with Crippen LogP contribution in [0.3, 0.4) is 0 Å². The summed E-state index contributed by atoms with van der Waals surface area (Å²) < 4.78 is 11.4. The van der Waals surface area contributed by atoms with Crippen molar-refractivity contribution in [2.45, 2.75) is 19.9 Å². The number of rotatable bonds is 5. The van der Waals surface area contributed by atoms with E-state index in [0.29, 0.717) is 23.5 Å². The number of hydrogen-bond acceptors (Lipinski definition) is 5. The molecule has 3 aliphatic rings. The lowest BCUT2D eigenvalue weighted by atomic mass is 10.1. The minimum absolute atomic E-state index is 0.0400. The molecule has 5 rings (SSSR count). The first-order chi connectivity index (χ1) is 13.6. The van der Waals surface area contributed by atoms with E-state index in [2.05, 4.69) is 29.0 Å². The van der Waals surface area contributed by atoms with Gasteiger partial charge in [0.1, 0.15) is 5.75 Å². The average Bonchev–Trinajstić information content (AvgIpc) is 3.14. The number of amides is 1. The van der Waals surface area contributed by atoms with Crippen molar-refractivity contribution < 1.29 is 14.3 Å². The third-order valence-electron chi connectivity index (χ3n) is 6.20. The lowest BCUT2D eigenvalue weighted by Crippen LogP contribution is -2.31. The highest BCUT2D eigenvalue weighted by molar-refractivity contribution is 5.94. The van der Waals surface area contributed by atoms with Gasteiger partial charge in [-0.1, -0.05) is 0 Å². The van der Waals surface area contributed by atoms with Crippen molar-refractivity contribution in [2.24, 2.45) is 17.8 Å². The third kappa shape index (κ3) is 3.22. The van der Waals surface area contributed by atoms with Crippen LogP contribution in [0, 0.1) is 17.8 Å². The number of hydrogen-bond donors (Lipinski definition) is 1. The Morgan fingerprint density at radius 3 is 2.64 bits per heavy atom. The molecule has 2 aliphatic heterocycles. The van der Waals surface area contributed by atoms with Gasteiger partial charge in [0.25, 0.3) is 5.91 Å². The molecule has 1 aromatic carbocycles. The van der Waals surface area contributed by atoms with Crippen LogP contribution in [0.4, 0.5) is 5.82 Å². The average molecular weight is 379 g/mol. The summed E-state index contributed by atoms with van der Waals surface area (Å²) in [4.78, 5) is 18.6. The van der Waals surface area contributed by atoms with Crippen LogP contribution >= 0.6 is 0 Å². The van der Waals surface area contributed by atoms with Gasteiger partial charge in [0, 0.05) is 30.6 Å². The molecule has 6 nitrogen and oxygen atoms in total. The maximum Gasteiger partial charge on any atom is 0.263 e. The van der Waals surface area contributed by atoms with Crippen LogP contribution in [0.15, 0.2) is 36.4 Å². The minimum atomic E-state index is -0.178. The number of nitrogens with one attached hydrogen (secondary N) is 1. The summed E-state index contributed by atoms with van der Waals surface area (Å²) in [5.41, 5.74) is 1.77. The SMILES string of the molecule is CC(C)N1CC2C(COc3ccc(-c4ccc5c(n4)NC(=O)CO5)cc3)C2C1. The van der Waals surface area contributed by atoms with Gasteiger partial charge in [-0.3, -0.25) is 4.79 Å². The van der Waals surface area contributed by atoms with Gasteiger partial charge in [0.05, 0.1) is 12.3 Å². The van der Waals surface area contributed by atoms with Crippen molar-refractivity contribution >= 4 is 11.7 Å². The molecule has 1 saturated carbocycles. The molecular formula is C22H25N3O3. The number of carbonyl (C=O) groups is 1. The van der Waals surface area contributed by atoms with Gasteiger partial charge >= 0.3 is 0 Å². The van der Waals surface area contributed by atoms with Crippen molar-refractivity contribution in [3.63, 3.8) is 0 Å². The zero-order valence-electron chi connectivity index (χ0n) is 16.2. The van der Waals surface area contributed by atoms with Gasteiger partial charge in [-0.05, 0) is 62.1 Å². The maximum absolute atomic E-state index is 11.5. The first-order valence-corrected chi connectivity index (χ1v) is 9.99. The lowest BCUT2D eigenvalue weighted by molar-refractivity contribution is -0.118. The molecule has 0 spiro atoms. The molecule has 1 aliphatic carbocycles. The Balaban J connectivity index is 1.19. The lowest BCUT2D eigenvalue weighted by Gasteiger charge is -2.23. The number of aromatic nitrogens is 1. The fourth-order valence-corrected chi connectivity index (χ4v) is 4.39. The Labute approximate surface area is 164 Å². The first-order valence-electron chi connectivity index (χ1n) is 9.99. The predicted octanol–water partition coefficient (Wildman–Crippen LogP) is 3.04. The van der Waals surface area contributed by atoms with E-state index < -0.39 is 0 Å². The molecule has 0 radical (unpaired) electrons. The summed E-state index contributed by atoms with van der Waals surface area (Å²) in [6.07, 6.45) is 0. The molecule has 1 amide bonds. The number of nitrogens with zero attached hydrogens (tertiary/aromatic N) is 2. The van der Waals surface area contributed by atoms with Crippen LogP contribution in [0.25, 0.3) is 11.3 Å². The largest absolute Gasteiger partial charge is 0.493 e. The van der Waals surface area contributed by atoms with Crippen LogP contribution in [0.1, 0.15) is 13.8 Å². The van der Waals surface area contributed by atoms with Gasteiger partial charge in [0.2, 0.25) is 0 Å². The monoisotopic (exact) mass is 379 g/mol. The van der Waals surface area contributed by atoms with Crippen LogP contribution in [0.5, 0.6) is 11.5 Å². The normalized spacial score (nSPS) is 25.7. The van der Waals surface area contributed by atoms with E-state index in [1.54, 1.807) is 0 Å². The van der Waals surface area contributed by atoms with Gasteiger partial charge in [-0.25, -0.2) is 4.98 Å². The predicted molar refractivity (Wildman–Crippen MR) is 106 cm³/mol. The maximum atomic E-state index is 11.5. The number of likely N-dealkylation sites (tertiary alicyclic amines) is 1. The topological polar surface area (TPSA) is 63.7 Å². The number of ether oxygens (including phenoxy) is 2. The standard InChI is InChI=1S/C22H25N3O3/c1-13(2)25-9-16-17(10-25)18(16)11-27-15-5-3-14(4-6-15)19-7-8-20-22(23-19)24-21(26)12-28-20/h3-8,13,16-18H,9-12H2,1-2H3,(H,23,24,26). The van der Waals surface area contributed by atoms with Crippen molar-refractivity contribution in [1.82, 2.24) is 9.88 Å². The van der Waals surface area contributed by atoms with E-state index in [0.717, 1.165) is 35.4 Å². The number of benzene rings is 1. The number of carbonyl (C=O) groups excluding carboxylic acids is 1. The highest BCUT2D eigenvalue weighted by Crippen LogP contribution is 2.52. The van der Waals surface area contributed by atoms with Crippen molar-refractivity contribution in [1.29, 1.82) is 0 Å². The van der Waals surface area contributed by atoms with E-state index in [4.69, 9.17) is 9.47 Å². The van der Waals surface area contributed by atoms with Crippen molar-refractivity contribution in [3.8, 4) is 22.8 Å². The van der Waals surface area contributed by atoms with Crippen LogP contribution in [0.2, 0.25) is 0 Å². The summed E-state index contributed by atoms with van der Waals surface area (Å²) in [5.74, 6) is 4.14. The quantitative estimate of drug-likeness (QED) is 0.865. The summed E-state index contributed by atoms with van der Waals surface area (Å²) in [5, 5.41) is 2.75. The second-order valence-corrected chi connectivity index (χ2v) is 8.25. The molecule has 2 atom stereocenters. The Bertz CT molecular complexity index is 884. The fraction of sp³-hybridized carbons (Fsp3) is 0.455. The van der Waals surface area contributed by atoms with Gasteiger partial charge in [0.15, 0.2) is 18.2 Å². The zero-order chi connectivity index (χ0) is 19.3. The van der Waals surface area contributed by atoms with Gasteiger partial charge in [-0.2, -0.15) is 0 Å². The Hall–Kier alpha value is -2.60. The molecule has 2 unspecified atom stereocenters. The highest BCUT2D eigenvalue weighted by Gasteiger charge is 2.56. The zero-order valence-corrected chi connectivity index (χ0v) is 16.2. The summed E-state index contributed by atoms with van der Waals surface area (Å²) in [7, 11) is 0. The summed E-state index contributed by atoms with van der Waals surface area (Å²) >= 11 is 0. The second kappa shape index (κ2) is 6.78. The van der Waals surface area contributed by atoms with Gasteiger partial charge in [-0.15, -0.1) is 0 Å². The molecule has 6 heteroatoms. The molecule has 2 aromatic rings. The summed E-state index contributed by atoms with van der Waals surface area (Å²) in [6.45, 7) is 7.84. The molecule has 28 heavy (non-hydrogen) atoms. The number of fused-ring (bicyclic) bond motifs is 2. The second-order valence-electron chi connectivity index (χ2n) is 8.25. The smallest absolute Gasteiger partial charge is 0.263 e. The van der Waals surface area contributed by atoms with Crippen molar-refractivity contribution in [3.05, 3.63) is 36.4 Å². The minimum Gasteiger partial charge on any atom is -0.493 e.